The van der Waals surface area contributed by atoms with Gasteiger partial charge in [-0.1, -0.05) is 62.1 Å². The molecule has 0 atom stereocenters. The summed E-state index contributed by atoms with van der Waals surface area (Å²) in [5, 5.41) is 13.8. The summed E-state index contributed by atoms with van der Waals surface area (Å²) in [6.07, 6.45) is 1.70. The van der Waals surface area contributed by atoms with E-state index in [0.717, 1.165) is 83.2 Å². The van der Waals surface area contributed by atoms with Crippen molar-refractivity contribution in [2.45, 2.75) is 69.6 Å². The summed E-state index contributed by atoms with van der Waals surface area (Å²) in [6, 6.07) is 54.7. The smallest absolute Gasteiger partial charge is 0.500 e. The summed E-state index contributed by atoms with van der Waals surface area (Å²) < 4.78 is 30.0. The molecule has 0 saturated heterocycles. The summed E-state index contributed by atoms with van der Waals surface area (Å²) in [5.74, 6) is 7.76. The average molecular weight is 1140 g/mol. The van der Waals surface area contributed by atoms with Gasteiger partial charge in [0.2, 0.25) is 0 Å². The Balaban J connectivity index is 0.000000366. The van der Waals surface area contributed by atoms with Gasteiger partial charge >= 0.3 is 174 Å². The molecule has 0 unspecified atom stereocenters. The molecular formula is C60H51FGeIrN4O2-2. The van der Waals surface area contributed by atoms with Gasteiger partial charge in [-0.05, 0) is 36.0 Å². The van der Waals surface area contributed by atoms with Crippen molar-refractivity contribution in [2.24, 2.45) is 0 Å². The van der Waals surface area contributed by atoms with E-state index in [9.17, 15) is 9.65 Å². The van der Waals surface area contributed by atoms with E-state index < -0.39 is 13.3 Å². The number of nitrogens with zero attached hydrogens (tertiary/aromatic N) is 4. The molecule has 0 bridgehead atoms. The summed E-state index contributed by atoms with van der Waals surface area (Å²) in [7, 11) is 0. The number of pyridine rings is 1. The van der Waals surface area contributed by atoms with Crippen LogP contribution in [0.1, 0.15) is 58.2 Å². The fourth-order valence-corrected chi connectivity index (χ4v) is 11.7. The number of nitriles is 1. The van der Waals surface area contributed by atoms with E-state index in [4.69, 9.17) is 13.8 Å². The number of aromatic nitrogens is 3. The van der Waals surface area contributed by atoms with Crippen LogP contribution in [0, 0.1) is 29.3 Å². The number of fused-ring (bicyclic) bond motifs is 7. The van der Waals surface area contributed by atoms with E-state index in [1.54, 1.807) is 18.3 Å². The van der Waals surface area contributed by atoms with Gasteiger partial charge in [0.1, 0.15) is 5.58 Å². The molecule has 7 aromatic carbocycles. The Kier molecular flexibility index (Phi) is 12.4. The summed E-state index contributed by atoms with van der Waals surface area (Å²) >= 11 is -1.93. The molecule has 4 aromatic heterocycles. The Morgan fingerprint density at radius 1 is 0.681 bits per heavy atom. The minimum Gasteiger partial charge on any atom is -0.500 e. The maximum absolute atomic E-state index is 12.6. The van der Waals surface area contributed by atoms with Gasteiger partial charge in [0.25, 0.3) is 0 Å². The number of halogens is 1. The number of para-hydroxylation sites is 2. The van der Waals surface area contributed by atoms with Crippen LogP contribution >= 0.6 is 0 Å². The molecule has 4 heterocycles. The molecule has 69 heavy (non-hydrogen) atoms. The van der Waals surface area contributed by atoms with Crippen LogP contribution in [0.4, 0.5) is 4.39 Å². The van der Waals surface area contributed by atoms with Crippen molar-refractivity contribution in [3.8, 4) is 45.5 Å². The molecule has 0 fully saturated rings. The molecule has 11 rings (SSSR count). The zero-order valence-corrected chi connectivity index (χ0v) is 44.7. The number of furan rings is 2. The second-order valence-electron chi connectivity index (χ2n) is 20.6. The number of rotatable bonds is 5. The molecule has 6 nitrogen and oxygen atoms in total. The van der Waals surface area contributed by atoms with Gasteiger partial charge < -0.3 is 9.40 Å². The van der Waals surface area contributed by atoms with Gasteiger partial charge in [-0.25, -0.2) is 0 Å². The van der Waals surface area contributed by atoms with Crippen LogP contribution in [-0.2, 0) is 30.9 Å². The van der Waals surface area contributed by atoms with Gasteiger partial charge in [0, 0.05) is 37.5 Å². The van der Waals surface area contributed by atoms with Crippen molar-refractivity contribution in [3.63, 3.8) is 0 Å². The first-order chi connectivity index (χ1) is 32.5. The normalized spacial score (nSPS) is 12.1. The molecule has 0 N–H and O–H groups in total. The van der Waals surface area contributed by atoms with Gasteiger partial charge in [-0.15, -0.1) is 48.0 Å². The predicted octanol–water partition coefficient (Wildman–Crippen LogP) is 15.7. The number of hydrogen-bond acceptors (Lipinski definition) is 5. The summed E-state index contributed by atoms with van der Waals surface area (Å²) in [6.45, 7) is 13.7. The van der Waals surface area contributed by atoms with Crippen LogP contribution in [0.5, 0.6) is 0 Å². The molecule has 0 saturated carbocycles. The SMILES string of the molecule is CC(C)(C)c1cc2c(oc3cc(-c4cc[c]([Ge]([CH3])([CH3])[CH3])cc4)ccc32)c(C(C)(C)C)c1-n1c(-c2[c-]ccc3c2oc2cc(C#N)ccc23)nc2ccccc21.Fc1c[c-]c(-c2ccccn2)cc1.[Ir]. The number of imidazole rings is 1. The molecule has 0 aliphatic rings. The Hall–Kier alpha value is -6.63. The van der Waals surface area contributed by atoms with E-state index in [1.165, 1.54) is 27.7 Å². The summed E-state index contributed by atoms with van der Waals surface area (Å²) in [5.41, 5.74) is 13.1. The monoisotopic (exact) mass is 1150 g/mol. The van der Waals surface area contributed by atoms with Crippen LogP contribution in [0.2, 0.25) is 17.3 Å². The molecule has 11 aromatic rings. The molecule has 345 valence electrons. The van der Waals surface area contributed by atoms with Crippen molar-refractivity contribution in [1.82, 2.24) is 14.5 Å². The van der Waals surface area contributed by atoms with Crippen LogP contribution in [0.15, 0.2) is 155 Å². The van der Waals surface area contributed by atoms with E-state index in [0.29, 0.717) is 16.7 Å². The minimum atomic E-state index is -1.93. The van der Waals surface area contributed by atoms with E-state index in [1.807, 2.05) is 48.5 Å². The van der Waals surface area contributed by atoms with Crippen molar-refractivity contribution in [2.75, 3.05) is 0 Å². The molecule has 9 heteroatoms. The molecule has 0 aliphatic heterocycles. The van der Waals surface area contributed by atoms with Crippen LogP contribution in [0.25, 0.3) is 94.4 Å². The van der Waals surface area contributed by atoms with Gasteiger partial charge in [0.15, 0.2) is 0 Å². The third-order valence-corrected chi connectivity index (χ3v) is 17.0. The van der Waals surface area contributed by atoms with E-state index >= 15 is 0 Å². The van der Waals surface area contributed by atoms with Crippen LogP contribution < -0.4 is 4.40 Å². The van der Waals surface area contributed by atoms with Crippen LogP contribution in [-0.4, -0.2) is 27.8 Å². The molecular weight excluding hydrogens is 1090 g/mol. The second-order valence-corrected chi connectivity index (χ2v) is 31.2. The van der Waals surface area contributed by atoms with Gasteiger partial charge in [-0.2, -0.15) is 5.26 Å². The quantitative estimate of drug-likeness (QED) is 0.127. The fourth-order valence-electron chi connectivity index (χ4n) is 9.23. The van der Waals surface area contributed by atoms with Gasteiger partial charge in [-0.3, -0.25) is 9.37 Å². The standard InChI is InChI=1S/C49H44GeN3O2.C11H7FN.Ir/c1-48(2,3)38-27-37-34-24-20-31(30-18-21-32(22-19-30)50(7,8)9)26-42(34)55-46(37)43(49(4,5)6)44(38)53-40-16-11-10-15-39(40)52-47(53)36-14-12-13-35-33-23-17-29(28-51)25-41(33)54-45(35)36;12-10-6-4-9(5-7-10)11-3-1-2-8-13-11;/h10-13,15-27H,1-9H3;1-4,6-8H;/q2*-1;. The molecule has 0 amide bonds. The Morgan fingerprint density at radius 3 is 2.06 bits per heavy atom. The first-order valence-corrected chi connectivity index (χ1v) is 30.3. The fraction of sp³-hybridized carbons (Fsp3) is 0.183. The molecule has 1 radical (unpaired) electrons. The van der Waals surface area contributed by atoms with Crippen molar-refractivity contribution in [1.29, 1.82) is 5.26 Å². The zero-order chi connectivity index (χ0) is 47.7. The van der Waals surface area contributed by atoms with E-state index in [2.05, 4.69) is 153 Å². The molecule has 0 spiro atoms. The number of hydrogen-bond donors (Lipinski definition) is 0. The third-order valence-electron chi connectivity index (χ3n) is 12.7. The van der Waals surface area contributed by atoms with Crippen molar-refractivity contribution < 1.29 is 33.3 Å². The Labute approximate surface area is 418 Å². The van der Waals surface area contributed by atoms with Crippen LogP contribution in [0.3, 0.4) is 0 Å². The minimum absolute atomic E-state index is 0. The molecule has 0 aliphatic carbocycles. The zero-order valence-electron chi connectivity index (χ0n) is 40.2. The topological polar surface area (TPSA) is 80.8 Å². The Morgan fingerprint density at radius 2 is 1.38 bits per heavy atom. The second kappa shape index (κ2) is 18.0. The van der Waals surface area contributed by atoms with E-state index in [-0.39, 0.29) is 36.8 Å². The average Bonchev–Trinajstić information content (AvgIpc) is 4.01. The maximum atomic E-state index is 12.6. The predicted molar refractivity (Wildman–Crippen MR) is 279 cm³/mol. The number of benzene rings is 7. The van der Waals surface area contributed by atoms with Crippen molar-refractivity contribution in [3.05, 3.63) is 180 Å². The van der Waals surface area contributed by atoms with Crippen molar-refractivity contribution >= 4 is 72.6 Å². The van der Waals surface area contributed by atoms with Gasteiger partial charge in [0.05, 0.1) is 34.1 Å². The Bertz CT molecular complexity index is 3750. The first-order valence-electron chi connectivity index (χ1n) is 23.0. The third kappa shape index (κ3) is 8.85. The first kappa shape index (κ1) is 47.4. The summed E-state index contributed by atoms with van der Waals surface area (Å²) in [4.78, 5) is 9.47.